The molecule has 0 bridgehead atoms. The third-order valence-corrected chi connectivity index (χ3v) is 5.07. The molecule has 1 aliphatic rings. The minimum absolute atomic E-state index is 0.0915. The van der Waals surface area contributed by atoms with E-state index in [-0.39, 0.29) is 17.7 Å². The summed E-state index contributed by atoms with van der Waals surface area (Å²) in [5, 5.41) is 6.93. The normalized spacial score (nSPS) is 14.3. The first kappa shape index (κ1) is 23.9. The summed E-state index contributed by atoms with van der Waals surface area (Å²) in [6.45, 7) is 9.32. The van der Waals surface area contributed by atoms with E-state index in [1.807, 2.05) is 13.8 Å². The van der Waals surface area contributed by atoms with Gasteiger partial charge in [0.25, 0.3) is 5.91 Å². The Balaban J connectivity index is 0.00000155. The average molecular weight is 431 g/mol. The maximum atomic E-state index is 12.6. The van der Waals surface area contributed by atoms with Crippen LogP contribution in [0.5, 0.6) is 5.75 Å². The number of ketones is 1. The van der Waals surface area contributed by atoms with Crippen molar-refractivity contribution in [1.82, 2.24) is 10.6 Å². The molecule has 0 saturated carbocycles. The SMILES string of the molecule is CC.CC(C)(Oc1ccc(C(=O)c2ccc(Cl)cc2)cc1)C(=O)NC1CCNCC1. The Kier molecular flexibility index (Phi) is 8.88. The van der Waals surface area contributed by atoms with Crippen LogP contribution in [0.25, 0.3) is 0 Å². The van der Waals surface area contributed by atoms with Gasteiger partial charge in [0.2, 0.25) is 0 Å². The second-order valence-electron chi connectivity index (χ2n) is 7.47. The van der Waals surface area contributed by atoms with Crippen LogP contribution in [-0.4, -0.2) is 36.4 Å². The number of ether oxygens (including phenoxy) is 1. The minimum Gasteiger partial charge on any atom is -0.478 e. The van der Waals surface area contributed by atoms with Gasteiger partial charge in [-0.2, -0.15) is 0 Å². The lowest BCUT2D eigenvalue weighted by molar-refractivity contribution is -0.135. The van der Waals surface area contributed by atoms with Gasteiger partial charge in [-0.15, -0.1) is 0 Å². The van der Waals surface area contributed by atoms with Gasteiger partial charge in [0, 0.05) is 22.2 Å². The summed E-state index contributed by atoms with van der Waals surface area (Å²) in [5.41, 5.74) is 0.110. The maximum absolute atomic E-state index is 12.6. The molecule has 0 radical (unpaired) electrons. The quantitative estimate of drug-likeness (QED) is 0.656. The van der Waals surface area contributed by atoms with Gasteiger partial charge in [-0.1, -0.05) is 25.4 Å². The van der Waals surface area contributed by atoms with Gasteiger partial charge in [0.15, 0.2) is 11.4 Å². The molecule has 0 aromatic heterocycles. The molecule has 1 fully saturated rings. The lowest BCUT2D eigenvalue weighted by atomic mass is 10.0. The number of carbonyl (C=O) groups is 2. The standard InChI is InChI=1S/C22H25ClN2O3.C2H6/c1-22(2,21(27)25-18-11-13-24-14-12-18)28-19-9-5-16(6-10-19)20(26)15-3-7-17(23)8-4-15;1-2/h3-10,18,24H,11-14H2,1-2H3,(H,25,27);1-2H3. The van der Waals surface area contributed by atoms with Gasteiger partial charge in [-0.3, -0.25) is 9.59 Å². The van der Waals surface area contributed by atoms with Crippen molar-refractivity contribution in [2.45, 2.75) is 52.2 Å². The van der Waals surface area contributed by atoms with Crippen LogP contribution >= 0.6 is 11.6 Å². The molecule has 30 heavy (non-hydrogen) atoms. The molecule has 2 N–H and O–H groups in total. The topological polar surface area (TPSA) is 67.4 Å². The van der Waals surface area contributed by atoms with Gasteiger partial charge in [0.1, 0.15) is 5.75 Å². The summed E-state index contributed by atoms with van der Waals surface area (Å²) in [5.74, 6) is 0.310. The van der Waals surface area contributed by atoms with Gasteiger partial charge >= 0.3 is 0 Å². The zero-order valence-electron chi connectivity index (χ0n) is 18.1. The van der Waals surface area contributed by atoms with Crippen molar-refractivity contribution >= 4 is 23.3 Å². The number of carbonyl (C=O) groups excluding carboxylic acids is 2. The van der Waals surface area contributed by atoms with Crippen molar-refractivity contribution in [1.29, 1.82) is 0 Å². The van der Waals surface area contributed by atoms with E-state index < -0.39 is 5.60 Å². The van der Waals surface area contributed by atoms with Crippen molar-refractivity contribution in [3.63, 3.8) is 0 Å². The van der Waals surface area contributed by atoms with E-state index in [0.717, 1.165) is 25.9 Å². The molecule has 162 valence electrons. The molecule has 2 aromatic rings. The van der Waals surface area contributed by atoms with Crippen LogP contribution in [0.15, 0.2) is 48.5 Å². The molecule has 0 atom stereocenters. The fourth-order valence-electron chi connectivity index (χ4n) is 3.11. The molecule has 1 saturated heterocycles. The van der Waals surface area contributed by atoms with Crippen LogP contribution in [0.1, 0.15) is 56.5 Å². The predicted molar refractivity (Wildman–Crippen MR) is 121 cm³/mol. The summed E-state index contributed by atoms with van der Waals surface area (Å²) in [6, 6.07) is 13.8. The number of rotatable bonds is 6. The van der Waals surface area contributed by atoms with Gasteiger partial charge < -0.3 is 15.4 Å². The fourth-order valence-corrected chi connectivity index (χ4v) is 3.23. The minimum atomic E-state index is -1.01. The van der Waals surface area contributed by atoms with Crippen molar-refractivity contribution in [3.05, 3.63) is 64.7 Å². The number of hydrogen-bond donors (Lipinski definition) is 2. The summed E-state index contributed by atoms with van der Waals surface area (Å²) >= 11 is 5.87. The summed E-state index contributed by atoms with van der Waals surface area (Å²) < 4.78 is 5.90. The zero-order valence-corrected chi connectivity index (χ0v) is 18.9. The lowest BCUT2D eigenvalue weighted by Crippen LogP contribution is -2.52. The molecular weight excluding hydrogens is 400 g/mol. The molecule has 2 aromatic carbocycles. The Bertz CT molecular complexity index is 827. The highest BCUT2D eigenvalue weighted by Gasteiger charge is 2.32. The van der Waals surface area contributed by atoms with E-state index >= 15 is 0 Å². The highest BCUT2D eigenvalue weighted by Crippen LogP contribution is 2.21. The summed E-state index contributed by atoms with van der Waals surface area (Å²) in [6.07, 6.45) is 1.84. The molecule has 0 unspecified atom stereocenters. The van der Waals surface area contributed by atoms with Gasteiger partial charge in [-0.05, 0) is 88.3 Å². The van der Waals surface area contributed by atoms with Crippen molar-refractivity contribution in [2.24, 2.45) is 0 Å². The third-order valence-electron chi connectivity index (χ3n) is 4.82. The number of piperidine rings is 1. The largest absolute Gasteiger partial charge is 0.478 e. The number of halogens is 1. The Labute approximate surface area is 184 Å². The van der Waals surface area contributed by atoms with Crippen molar-refractivity contribution in [2.75, 3.05) is 13.1 Å². The smallest absolute Gasteiger partial charge is 0.263 e. The van der Waals surface area contributed by atoms with E-state index in [9.17, 15) is 9.59 Å². The summed E-state index contributed by atoms with van der Waals surface area (Å²) in [7, 11) is 0. The van der Waals surface area contributed by atoms with Gasteiger partial charge in [-0.25, -0.2) is 0 Å². The highest BCUT2D eigenvalue weighted by molar-refractivity contribution is 6.30. The number of amides is 1. The maximum Gasteiger partial charge on any atom is 0.263 e. The molecule has 5 nitrogen and oxygen atoms in total. The monoisotopic (exact) mass is 430 g/mol. The molecule has 3 rings (SSSR count). The molecule has 0 spiro atoms. The first-order valence-electron chi connectivity index (χ1n) is 10.5. The number of hydrogen-bond acceptors (Lipinski definition) is 4. The molecule has 0 aliphatic carbocycles. The van der Waals surface area contributed by atoms with E-state index in [1.165, 1.54) is 0 Å². The van der Waals surface area contributed by atoms with E-state index in [4.69, 9.17) is 16.3 Å². The van der Waals surface area contributed by atoms with Crippen molar-refractivity contribution in [3.8, 4) is 5.75 Å². The van der Waals surface area contributed by atoms with Crippen molar-refractivity contribution < 1.29 is 14.3 Å². The van der Waals surface area contributed by atoms with Crippen LogP contribution in [-0.2, 0) is 4.79 Å². The number of nitrogens with one attached hydrogen (secondary N) is 2. The first-order valence-corrected chi connectivity index (χ1v) is 10.8. The second-order valence-corrected chi connectivity index (χ2v) is 7.91. The van der Waals surface area contributed by atoms with Crippen LogP contribution in [0.2, 0.25) is 5.02 Å². The summed E-state index contributed by atoms with van der Waals surface area (Å²) in [4.78, 5) is 25.1. The van der Waals surface area contributed by atoms with Crippen LogP contribution in [0.3, 0.4) is 0 Å². The molecular formula is C24H31ClN2O3. The van der Waals surface area contributed by atoms with E-state index in [1.54, 1.807) is 62.4 Å². The van der Waals surface area contributed by atoms with E-state index in [0.29, 0.717) is 21.9 Å². The first-order chi connectivity index (χ1) is 14.3. The van der Waals surface area contributed by atoms with Crippen LogP contribution in [0, 0.1) is 0 Å². The average Bonchev–Trinajstić information content (AvgIpc) is 2.76. The zero-order chi connectivity index (χ0) is 22.1. The Morgan fingerprint density at radius 3 is 2.00 bits per heavy atom. The third kappa shape index (κ3) is 6.57. The lowest BCUT2D eigenvalue weighted by Gasteiger charge is -2.30. The Morgan fingerprint density at radius 2 is 1.47 bits per heavy atom. The van der Waals surface area contributed by atoms with Crippen LogP contribution in [0.4, 0.5) is 0 Å². The van der Waals surface area contributed by atoms with E-state index in [2.05, 4.69) is 10.6 Å². The Hall–Kier alpha value is -2.37. The fraction of sp³-hybridized carbons (Fsp3) is 0.417. The Morgan fingerprint density at radius 1 is 0.967 bits per heavy atom. The molecule has 1 aliphatic heterocycles. The second kappa shape index (κ2) is 11.1. The molecule has 6 heteroatoms. The number of benzene rings is 2. The predicted octanol–water partition coefficient (Wildman–Crippen LogP) is 4.62. The van der Waals surface area contributed by atoms with Crippen LogP contribution < -0.4 is 15.4 Å². The highest BCUT2D eigenvalue weighted by atomic mass is 35.5. The molecule has 1 heterocycles. The van der Waals surface area contributed by atoms with Gasteiger partial charge in [0.05, 0.1) is 0 Å². The molecule has 1 amide bonds.